The molecular weight excluding hydrogens is 302 g/mol. The van der Waals surface area contributed by atoms with E-state index in [0.29, 0.717) is 0 Å². The molecule has 2 aliphatic heterocycles. The van der Waals surface area contributed by atoms with Crippen LogP contribution in [0.2, 0.25) is 0 Å². The van der Waals surface area contributed by atoms with Crippen LogP contribution in [0.15, 0.2) is 22.7 Å². The molecule has 19 heavy (non-hydrogen) atoms. The number of fused-ring (bicyclic) bond motifs is 1. The van der Waals surface area contributed by atoms with Crippen molar-refractivity contribution >= 4 is 21.6 Å². The van der Waals surface area contributed by atoms with Crippen LogP contribution < -0.4 is 10.6 Å². The topological polar surface area (TPSA) is 32.5 Å². The number of piperazine rings is 1. The van der Waals surface area contributed by atoms with Gasteiger partial charge in [0, 0.05) is 36.2 Å². The first-order chi connectivity index (χ1) is 9.15. The number of hydrogen-bond acceptors (Lipinski definition) is 3. The SMILES string of the molecule is CC(N)c1ccc(N2CCN3CCCC3C2)c(Br)c1. The van der Waals surface area contributed by atoms with Crippen molar-refractivity contribution in [3.63, 3.8) is 0 Å². The Hall–Kier alpha value is -0.580. The second-order valence-corrected chi connectivity index (χ2v) is 6.63. The lowest BCUT2D eigenvalue weighted by Crippen LogP contribution is -2.50. The van der Waals surface area contributed by atoms with Crippen molar-refractivity contribution in [2.75, 3.05) is 31.1 Å². The van der Waals surface area contributed by atoms with Crippen LogP contribution in [0.25, 0.3) is 0 Å². The fraction of sp³-hybridized carbons (Fsp3) is 0.600. The van der Waals surface area contributed by atoms with Crippen LogP contribution >= 0.6 is 15.9 Å². The van der Waals surface area contributed by atoms with Crippen molar-refractivity contribution < 1.29 is 0 Å². The van der Waals surface area contributed by atoms with Gasteiger partial charge in [-0.05, 0) is 59.9 Å². The Balaban J connectivity index is 1.78. The van der Waals surface area contributed by atoms with Crippen LogP contribution in [0.4, 0.5) is 5.69 Å². The highest BCUT2D eigenvalue weighted by molar-refractivity contribution is 9.10. The quantitative estimate of drug-likeness (QED) is 0.908. The number of nitrogens with two attached hydrogens (primary N) is 1. The van der Waals surface area contributed by atoms with Crippen LogP contribution in [0.3, 0.4) is 0 Å². The highest BCUT2D eigenvalue weighted by Crippen LogP contribution is 2.32. The predicted octanol–water partition coefficient (Wildman–Crippen LogP) is 2.75. The summed E-state index contributed by atoms with van der Waals surface area (Å²) >= 11 is 3.71. The Kier molecular flexibility index (Phi) is 3.83. The van der Waals surface area contributed by atoms with Crippen LogP contribution in [-0.4, -0.2) is 37.1 Å². The Morgan fingerprint density at radius 2 is 2.16 bits per heavy atom. The number of rotatable bonds is 2. The van der Waals surface area contributed by atoms with E-state index >= 15 is 0 Å². The van der Waals surface area contributed by atoms with Crippen molar-refractivity contribution in [3.05, 3.63) is 28.2 Å². The lowest BCUT2D eigenvalue weighted by molar-refractivity contribution is 0.231. The van der Waals surface area contributed by atoms with Gasteiger partial charge in [0.05, 0.1) is 5.69 Å². The van der Waals surface area contributed by atoms with Gasteiger partial charge in [0.2, 0.25) is 0 Å². The molecule has 1 aromatic rings. The third-order valence-electron chi connectivity index (χ3n) is 4.43. The number of benzene rings is 1. The minimum atomic E-state index is 0.0945. The highest BCUT2D eigenvalue weighted by atomic mass is 79.9. The summed E-state index contributed by atoms with van der Waals surface area (Å²) in [5.41, 5.74) is 8.45. The molecule has 0 amide bonds. The lowest BCUT2D eigenvalue weighted by Gasteiger charge is -2.39. The summed E-state index contributed by atoms with van der Waals surface area (Å²) in [5, 5.41) is 0. The van der Waals surface area contributed by atoms with Crippen LogP contribution in [0.5, 0.6) is 0 Å². The van der Waals surface area contributed by atoms with Gasteiger partial charge in [0.25, 0.3) is 0 Å². The van der Waals surface area contributed by atoms with Crippen LogP contribution in [0.1, 0.15) is 31.4 Å². The van der Waals surface area contributed by atoms with Gasteiger partial charge in [-0.1, -0.05) is 6.07 Å². The van der Waals surface area contributed by atoms with E-state index < -0.39 is 0 Å². The van der Waals surface area contributed by atoms with Gasteiger partial charge in [-0.3, -0.25) is 4.90 Å². The summed E-state index contributed by atoms with van der Waals surface area (Å²) < 4.78 is 1.17. The molecule has 0 aromatic heterocycles. The number of hydrogen-bond donors (Lipinski definition) is 1. The van der Waals surface area contributed by atoms with Gasteiger partial charge in [-0.2, -0.15) is 0 Å². The van der Waals surface area contributed by atoms with Crippen molar-refractivity contribution in [2.45, 2.75) is 31.8 Å². The van der Waals surface area contributed by atoms with E-state index in [1.165, 1.54) is 41.7 Å². The molecule has 3 rings (SSSR count). The zero-order valence-corrected chi connectivity index (χ0v) is 13.1. The first kappa shape index (κ1) is 13.4. The lowest BCUT2D eigenvalue weighted by atomic mass is 10.1. The van der Waals surface area contributed by atoms with Crippen LogP contribution in [0, 0.1) is 0 Å². The second-order valence-electron chi connectivity index (χ2n) is 5.78. The zero-order chi connectivity index (χ0) is 13.4. The molecule has 3 nitrogen and oxygen atoms in total. The van der Waals surface area contributed by atoms with Crippen molar-refractivity contribution in [1.29, 1.82) is 0 Å². The molecule has 0 radical (unpaired) electrons. The molecule has 2 heterocycles. The molecule has 2 atom stereocenters. The maximum absolute atomic E-state index is 5.94. The third-order valence-corrected chi connectivity index (χ3v) is 5.06. The Morgan fingerprint density at radius 3 is 2.89 bits per heavy atom. The van der Waals surface area contributed by atoms with E-state index in [4.69, 9.17) is 5.73 Å². The summed E-state index contributed by atoms with van der Waals surface area (Å²) in [4.78, 5) is 5.16. The first-order valence-corrected chi connectivity index (χ1v) is 7.98. The second kappa shape index (κ2) is 5.43. The molecular formula is C15H22BrN3. The monoisotopic (exact) mass is 323 g/mol. The van der Waals surface area contributed by atoms with Gasteiger partial charge in [-0.15, -0.1) is 0 Å². The van der Waals surface area contributed by atoms with Gasteiger partial charge < -0.3 is 10.6 Å². The molecule has 2 saturated heterocycles. The maximum Gasteiger partial charge on any atom is 0.0511 e. The fourth-order valence-corrected chi connectivity index (χ4v) is 3.92. The van der Waals surface area contributed by atoms with E-state index in [9.17, 15) is 0 Å². The molecule has 1 aromatic carbocycles. The van der Waals surface area contributed by atoms with E-state index in [1.54, 1.807) is 0 Å². The van der Waals surface area contributed by atoms with Gasteiger partial charge >= 0.3 is 0 Å². The molecule has 0 saturated carbocycles. The summed E-state index contributed by atoms with van der Waals surface area (Å²) in [6, 6.07) is 7.39. The van der Waals surface area contributed by atoms with E-state index in [2.05, 4.69) is 43.9 Å². The Morgan fingerprint density at radius 1 is 1.32 bits per heavy atom. The fourth-order valence-electron chi connectivity index (χ4n) is 3.27. The van der Waals surface area contributed by atoms with Crippen LogP contribution in [-0.2, 0) is 0 Å². The van der Waals surface area contributed by atoms with E-state index in [1.807, 2.05) is 6.92 Å². The first-order valence-electron chi connectivity index (χ1n) is 7.19. The van der Waals surface area contributed by atoms with E-state index in [-0.39, 0.29) is 6.04 Å². The van der Waals surface area contributed by atoms with Gasteiger partial charge in [-0.25, -0.2) is 0 Å². The molecule has 104 valence electrons. The maximum atomic E-state index is 5.94. The minimum absolute atomic E-state index is 0.0945. The zero-order valence-electron chi connectivity index (χ0n) is 11.5. The smallest absolute Gasteiger partial charge is 0.0511 e. The Bertz CT molecular complexity index is 461. The van der Waals surface area contributed by atoms with Gasteiger partial charge in [0.15, 0.2) is 0 Å². The highest BCUT2D eigenvalue weighted by Gasteiger charge is 2.31. The largest absolute Gasteiger partial charge is 0.368 e. The number of anilines is 1. The standard InChI is InChI=1S/C15H22BrN3/c1-11(17)12-4-5-15(14(16)9-12)19-8-7-18-6-2-3-13(18)10-19/h4-5,9,11,13H,2-3,6-8,10,17H2,1H3. The average molecular weight is 324 g/mol. The molecule has 2 unspecified atom stereocenters. The third kappa shape index (κ3) is 2.67. The molecule has 2 fully saturated rings. The molecule has 0 aliphatic carbocycles. The number of halogens is 1. The van der Waals surface area contributed by atoms with Gasteiger partial charge in [0.1, 0.15) is 0 Å². The normalized spacial score (nSPS) is 25.4. The molecule has 2 N–H and O–H groups in total. The molecule has 0 bridgehead atoms. The summed E-state index contributed by atoms with van der Waals surface area (Å²) in [6.07, 6.45) is 2.72. The molecule has 2 aliphatic rings. The van der Waals surface area contributed by atoms with E-state index in [0.717, 1.165) is 19.1 Å². The number of nitrogens with zero attached hydrogens (tertiary/aromatic N) is 2. The van der Waals surface area contributed by atoms with Crippen molar-refractivity contribution in [2.24, 2.45) is 5.73 Å². The Labute approximate surface area is 123 Å². The summed E-state index contributed by atoms with van der Waals surface area (Å²) in [6.45, 7) is 6.82. The predicted molar refractivity (Wildman–Crippen MR) is 83.6 cm³/mol. The molecule has 0 spiro atoms. The minimum Gasteiger partial charge on any atom is -0.368 e. The molecule has 4 heteroatoms. The van der Waals surface area contributed by atoms with Crippen molar-refractivity contribution in [1.82, 2.24) is 4.90 Å². The average Bonchev–Trinajstić information content (AvgIpc) is 2.85. The summed E-state index contributed by atoms with van der Waals surface area (Å²) in [7, 11) is 0. The van der Waals surface area contributed by atoms with Crippen molar-refractivity contribution in [3.8, 4) is 0 Å². The summed E-state index contributed by atoms with van der Waals surface area (Å²) in [5.74, 6) is 0.